The Bertz CT molecular complexity index is 826. The third-order valence-electron chi connectivity index (χ3n) is 5.17. The monoisotopic (exact) mass is 366 g/mol. The van der Waals surface area contributed by atoms with Gasteiger partial charge < -0.3 is 13.9 Å². The van der Waals surface area contributed by atoms with Crippen molar-refractivity contribution in [3.05, 3.63) is 48.5 Å². The molecule has 27 heavy (non-hydrogen) atoms. The second kappa shape index (κ2) is 8.44. The van der Waals surface area contributed by atoms with Gasteiger partial charge >= 0.3 is 6.08 Å². The molecule has 0 amide bonds. The molecule has 0 unspecified atom stereocenters. The first-order valence-corrected chi connectivity index (χ1v) is 9.82. The average Bonchev–Trinajstić information content (AvgIpc) is 3.12. The number of hydrogen-bond acceptors (Lipinski definition) is 5. The number of rotatable bonds is 7. The number of hydrogen-bond donors (Lipinski definition) is 0. The highest BCUT2D eigenvalue weighted by molar-refractivity contribution is 5.72. The molecule has 0 bridgehead atoms. The van der Waals surface area contributed by atoms with E-state index in [0.717, 1.165) is 29.4 Å². The van der Waals surface area contributed by atoms with Crippen molar-refractivity contribution >= 4 is 11.1 Å². The summed E-state index contributed by atoms with van der Waals surface area (Å²) in [6.45, 7) is 5.17. The zero-order valence-corrected chi connectivity index (χ0v) is 15.8. The Morgan fingerprint density at radius 2 is 1.89 bits per heavy atom. The SMILES string of the molecule is CC[C@H]1CCCCN1CCOc1ccc(Oc2nc3ccccc3o2)cc1. The van der Waals surface area contributed by atoms with Gasteiger partial charge in [0.05, 0.1) is 0 Å². The lowest BCUT2D eigenvalue weighted by Crippen LogP contribution is -2.41. The average molecular weight is 366 g/mol. The predicted molar refractivity (Wildman–Crippen MR) is 106 cm³/mol. The summed E-state index contributed by atoms with van der Waals surface area (Å²) in [6.07, 6.45) is 5.45. The Labute approximate surface area is 159 Å². The molecule has 1 aromatic heterocycles. The largest absolute Gasteiger partial charge is 0.492 e. The molecule has 5 heteroatoms. The van der Waals surface area contributed by atoms with Crippen LogP contribution in [0.25, 0.3) is 11.1 Å². The first kappa shape index (κ1) is 17.9. The molecule has 1 saturated heterocycles. The Morgan fingerprint density at radius 3 is 2.70 bits per heavy atom. The summed E-state index contributed by atoms with van der Waals surface area (Å²) in [5.74, 6) is 1.53. The standard InChI is InChI=1S/C22H26N2O3/c1-2-17-7-5-6-14-24(17)15-16-25-18-10-12-19(13-11-18)26-22-23-20-8-3-4-9-21(20)27-22/h3-4,8-13,17H,2,5-7,14-16H2,1H3/t17-/m0/s1. The van der Waals surface area contributed by atoms with Crippen LogP contribution in [0.2, 0.25) is 0 Å². The number of ether oxygens (including phenoxy) is 2. The molecule has 0 aliphatic carbocycles. The van der Waals surface area contributed by atoms with Crippen molar-refractivity contribution in [2.45, 2.75) is 38.6 Å². The van der Waals surface area contributed by atoms with Crippen molar-refractivity contribution < 1.29 is 13.9 Å². The van der Waals surface area contributed by atoms with E-state index < -0.39 is 0 Å². The molecule has 4 rings (SSSR count). The minimum Gasteiger partial charge on any atom is -0.492 e. The molecule has 2 aromatic carbocycles. The van der Waals surface area contributed by atoms with Crippen molar-refractivity contribution in [1.29, 1.82) is 0 Å². The number of para-hydroxylation sites is 2. The number of piperidine rings is 1. The van der Waals surface area contributed by atoms with Gasteiger partial charge in [-0.15, -0.1) is 0 Å². The summed E-state index contributed by atoms with van der Waals surface area (Å²) in [6, 6.07) is 15.9. The molecular weight excluding hydrogens is 340 g/mol. The topological polar surface area (TPSA) is 47.7 Å². The highest BCUT2D eigenvalue weighted by atomic mass is 16.6. The van der Waals surface area contributed by atoms with Crippen molar-refractivity contribution in [2.24, 2.45) is 0 Å². The van der Waals surface area contributed by atoms with Gasteiger partial charge in [-0.3, -0.25) is 4.90 Å². The molecule has 142 valence electrons. The Hall–Kier alpha value is -2.53. The quantitative estimate of drug-likeness (QED) is 0.570. The lowest BCUT2D eigenvalue weighted by molar-refractivity contribution is 0.120. The van der Waals surface area contributed by atoms with Crippen LogP contribution in [0.3, 0.4) is 0 Å². The first-order valence-electron chi connectivity index (χ1n) is 9.82. The van der Waals surface area contributed by atoms with Gasteiger partial charge in [0, 0.05) is 12.6 Å². The second-order valence-corrected chi connectivity index (χ2v) is 6.96. The highest BCUT2D eigenvalue weighted by Gasteiger charge is 2.20. The van der Waals surface area contributed by atoms with Gasteiger partial charge in [-0.1, -0.05) is 25.5 Å². The van der Waals surface area contributed by atoms with Crippen molar-refractivity contribution in [2.75, 3.05) is 19.7 Å². The summed E-state index contributed by atoms with van der Waals surface area (Å²) in [5.41, 5.74) is 1.51. The van der Waals surface area contributed by atoms with Crippen molar-refractivity contribution in [1.82, 2.24) is 9.88 Å². The maximum Gasteiger partial charge on any atom is 0.400 e. The van der Waals surface area contributed by atoms with E-state index in [-0.39, 0.29) is 6.08 Å². The summed E-state index contributed by atoms with van der Waals surface area (Å²) < 4.78 is 17.2. The molecule has 3 aromatic rings. The van der Waals surface area contributed by atoms with Crippen LogP contribution in [-0.2, 0) is 0 Å². The number of benzene rings is 2. The fourth-order valence-corrected chi connectivity index (χ4v) is 3.70. The number of oxazole rings is 1. The van der Waals surface area contributed by atoms with E-state index in [2.05, 4.69) is 16.8 Å². The summed E-state index contributed by atoms with van der Waals surface area (Å²) >= 11 is 0. The molecular formula is C22H26N2O3. The van der Waals surface area contributed by atoms with Crippen LogP contribution in [0.5, 0.6) is 17.6 Å². The van der Waals surface area contributed by atoms with Crippen LogP contribution < -0.4 is 9.47 Å². The van der Waals surface area contributed by atoms with Crippen molar-refractivity contribution in [3.8, 4) is 17.6 Å². The van der Waals surface area contributed by atoms with E-state index in [1.165, 1.54) is 32.2 Å². The zero-order valence-electron chi connectivity index (χ0n) is 15.8. The molecule has 1 aliphatic rings. The number of nitrogens with zero attached hydrogens (tertiary/aromatic N) is 2. The van der Waals surface area contributed by atoms with Crippen LogP contribution in [0.15, 0.2) is 52.9 Å². The van der Waals surface area contributed by atoms with Gasteiger partial charge in [-0.2, -0.15) is 4.98 Å². The first-order chi connectivity index (χ1) is 13.3. The lowest BCUT2D eigenvalue weighted by Gasteiger charge is -2.34. The highest BCUT2D eigenvalue weighted by Crippen LogP contribution is 2.26. The van der Waals surface area contributed by atoms with Crippen LogP contribution in [0, 0.1) is 0 Å². The van der Waals surface area contributed by atoms with E-state index in [1.807, 2.05) is 48.5 Å². The lowest BCUT2D eigenvalue weighted by atomic mass is 10.0. The number of likely N-dealkylation sites (tertiary alicyclic amines) is 1. The van der Waals surface area contributed by atoms with Crippen LogP contribution in [0.4, 0.5) is 0 Å². The summed E-state index contributed by atoms with van der Waals surface area (Å²) in [7, 11) is 0. The Morgan fingerprint density at radius 1 is 1.07 bits per heavy atom. The second-order valence-electron chi connectivity index (χ2n) is 6.96. The fourth-order valence-electron chi connectivity index (χ4n) is 3.70. The van der Waals surface area contributed by atoms with Gasteiger partial charge in [0.25, 0.3) is 0 Å². The van der Waals surface area contributed by atoms with Crippen LogP contribution in [0.1, 0.15) is 32.6 Å². The molecule has 2 heterocycles. The van der Waals surface area contributed by atoms with Crippen LogP contribution in [-0.4, -0.2) is 35.6 Å². The maximum absolute atomic E-state index is 5.92. The zero-order chi connectivity index (χ0) is 18.5. The molecule has 1 atom stereocenters. The van der Waals surface area contributed by atoms with E-state index >= 15 is 0 Å². The third-order valence-corrected chi connectivity index (χ3v) is 5.17. The van der Waals surface area contributed by atoms with E-state index in [4.69, 9.17) is 13.9 Å². The Kier molecular flexibility index (Phi) is 5.58. The van der Waals surface area contributed by atoms with Gasteiger partial charge in [-0.25, -0.2) is 0 Å². The molecule has 5 nitrogen and oxygen atoms in total. The van der Waals surface area contributed by atoms with E-state index in [9.17, 15) is 0 Å². The Balaban J connectivity index is 1.29. The van der Waals surface area contributed by atoms with Crippen molar-refractivity contribution in [3.63, 3.8) is 0 Å². The maximum atomic E-state index is 5.92. The van der Waals surface area contributed by atoms with Gasteiger partial charge in [0.15, 0.2) is 5.58 Å². The molecule has 0 radical (unpaired) electrons. The predicted octanol–water partition coefficient (Wildman–Crippen LogP) is 5.26. The molecule has 0 saturated carbocycles. The van der Waals surface area contributed by atoms with Crippen LogP contribution >= 0.6 is 0 Å². The normalized spacial score (nSPS) is 17.9. The summed E-state index contributed by atoms with van der Waals surface area (Å²) in [5, 5.41) is 0. The molecule has 1 fully saturated rings. The smallest absolute Gasteiger partial charge is 0.400 e. The van der Waals surface area contributed by atoms with Gasteiger partial charge in [0.1, 0.15) is 23.6 Å². The molecule has 0 spiro atoms. The third kappa shape index (κ3) is 4.42. The molecule has 1 aliphatic heterocycles. The number of fused-ring (bicyclic) bond motifs is 1. The van der Waals surface area contributed by atoms with Gasteiger partial charge in [0.2, 0.25) is 0 Å². The minimum atomic E-state index is 0.251. The molecule has 0 N–H and O–H groups in total. The number of aromatic nitrogens is 1. The van der Waals surface area contributed by atoms with E-state index in [1.54, 1.807) is 0 Å². The fraction of sp³-hybridized carbons (Fsp3) is 0.409. The summed E-state index contributed by atoms with van der Waals surface area (Å²) in [4.78, 5) is 6.88. The van der Waals surface area contributed by atoms with E-state index in [0.29, 0.717) is 12.4 Å². The minimum absolute atomic E-state index is 0.251. The van der Waals surface area contributed by atoms with Gasteiger partial charge in [-0.05, 0) is 62.2 Å².